The second kappa shape index (κ2) is 8.67. The molecule has 31 heavy (non-hydrogen) atoms. The molecule has 1 aromatic heterocycles. The molecule has 0 saturated carbocycles. The van der Waals surface area contributed by atoms with Crippen molar-refractivity contribution < 1.29 is 9.59 Å². The highest BCUT2D eigenvalue weighted by Gasteiger charge is 2.19. The zero-order valence-electron chi connectivity index (χ0n) is 17.3. The van der Waals surface area contributed by atoms with Gasteiger partial charge in [-0.2, -0.15) is 5.10 Å². The van der Waals surface area contributed by atoms with Gasteiger partial charge in [0, 0.05) is 30.1 Å². The van der Waals surface area contributed by atoms with E-state index in [-0.39, 0.29) is 11.8 Å². The number of anilines is 1. The Labute approximate surface area is 180 Å². The van der Waals surface area contributed by atoms with Gasteiger partial charge in [-0.15, -0.1) is 0 Å². The smallest absolute Gasteiger partial charge is 0.259 e. The highest BCUT2D eigenvalue weighted by atomic mass is 16.2. The molecule has 4 rings (SSSR count). The summed E-state index contributed by atoms with van der Waals surface area (Å²) in [7, 11) is 1.57. The van der Waals surface area contributed by atoms with Crippen molar-refractivity contribution in [1.82, 2.24) is 15.1 Å². The Balaban J connectivity index is 1.72. The van der Waals surface area contributed by atoms with E-state index in [1.807, 2.05) is 61.5 Å². The zero-order chi connectivity index (χ0) is 21.8. The number of aryl methyl sites for hydroxylation is 1. The van der Waals surface area contributed by atoms with Crippen molar-refractivity contribution in [3.8, 4) is 16.9 Å². The SMILES string of the molecule is CNC(=O)c1cccc(NC(=O)c2cn(-c3ccccc3)nc2-c2ccc(C)cc2)c1. The van der Waals surface area contributed by atoms with Gasteiger partial charge in [-0.1, -0.05) is 54.1 Å². The van der Waals surface area contributed by atoms with E-state index in [0.29, 0.717) is 22.5 Å². The number of carbonyl (C=O) groups excluding carboxylic acids is 2. The van der Waals surface area contributed by atoms with E-state index in [1.165, 1.54) is 0 Å². The number of hydrogen-bond acceptors (Lipinski definition) is 3. The molecular formula is C25H22N4O2. The number of hydrogen-bond donors (Lipinski definition) is 2. The number of rotatable bonds is 5. The molecule has 0 aliphatic carbocycles. The highest BCUT2D eigenvalue weighted by Crippen LogP contribution is 2.25. The molecule has 0 atom stereocenters. The fraction of sp³-hybridized carbons (Fsp3) is 0.0800. The molecule has 0 radical (unpaired) electrons. The Morgan fingerprint density at radius 1 is 0.871 bits per heavy atom. The third-order valence-corrected chi connectivity index (χ3v) is 4.91. The van der Waals surface area contributed by atoms with Crippen molar-refractivity contribution in [2.45, 2.75) is 6.92 Å². The highest BCUT2D eigenvalue weighted by molar-refractivity contribution is 6.08. The third kappa shape index (κ3) is 4.38. The van der Waals surface area contributed by atoms with E-state index >= 15 is 0 Å². The Bertz CT molecular complexity index is 1230. The maximum absolute atomic E-state index is 13.2. The molecule has 154 valence electrons. The van der Waals surface area contributed by atoms with Gasteiger partial charge in [0.15, 0.2) is 0 Å². The molecule has 0 unspecified atom stereocenters. The summed E-state index contributed by atoms with van der Waals surface area (Å²) >= 11 is 0. The first kappa shape index (κ1) is 20.1. The predicted molar refractivity (Wildman–Crippen MR) is 122 cm³/mol. The Hall–Kier alpha value is -4.19. The fourth-order valence-electron chi connectivity index (χ4n) is 3.26. The van der Waals surface area contributed by atoms with Gasteiger partial charge in [-0.05, 0) is 37.3 Å². The number of benzene rings is 3. The van der Waals surface area contributed by atoms with E-state index in [1.54, 1.807) is 42.2 Å². The summed E-state index contributed by atoms with van der Waals surface area (Å²) in [6.45, 7) is 2.01. The van der Waals surface area contributed by atoms with Crippen LogP contribution in [-0.4, -0.2) is 28.6 Å². The summed E-state index contributed by atoms with van der Waals surface area (Å²) in [5, 5.41) is 10.2. The minimum absolute atomic E-state index is 0.214. The number of nitrogens with one attached hydrogen (secondary N) is 2. The average Bonchev–Trinajstić information content (AvgIpc) is 3.25. The van der Waals surface area contributed by atoms with Crippen molar-refractivity contribution in [2.24, 2.45) is 0 Å². The monoisotopic (exact) mass is 410 g/mol. The van der Waals surface area contributed by atoms with Gasteiger partial charge in [0.05, 0.1) is 11.3 Å². The van der Waals surface area contributed by atoms with Crippen LogP contribution in [0.1, 0.15) is 26.3 Å². The van der Waals surface area contributed by atoms with Gasteiger partial charge >= 0.3 is 0 Å². The third-order valence-electron chi connectivity index (χ3n) is 4.91. The molecule has 0 saturated heterocycles. The van der Waals surface area contributed by atoms with Gasteiger partial charge in [-0.25, -0.2) is 4.68 Å². The Morgan fingerprint density at radius 3 is 2.32 bits per heavy atom. The standard InChI is InChI=1S/C25H22N4O2/c1-17-11-13-18(14-12-17)23-22(16-29(28-23)21-9-4-3-5-10-21)25(31)27-20-8-6-7-19(15-20)24(30)26-2/h3-16H,1-2H3,(H,26,30)(H,27,31). The number of carbonyl (C=O) groups is 2. The lowest BCUT2D eigenvalue weighted by Crippen LogP contribution is -2.18. The molecule has 0 aliphatic rings. The first-order valence-corrected chi connectivity index (χ1v) is 9.91. The predicted octanol–water partition coefficient (Wildman–Crippen LogP) is 4.46. The molecular weight excluding hydrogens is 388 g/mol. The summed E-state index contributed by atoms with van der Waals surface area (Å²) in [6.07, 6.45) is 1.72. The van der Waals surface area contributed by atoms with Crippen LogP contribution >= 0.6 is 0 Å². The van der Waals surface area contributed by atoms with E-state index in [9.17, 15) is 9.59 Å². The number of nitrogens with zero attached hydrogens (tertiary/aromatic N) is 2. The summed E-state index contributed by atoms with van der Waals surface area (Å²) in [5.74, 6) is -0.514. The van der Waals surface area contributed by atoms with Crippen LogP contribution in [0.15, 0.2) is 85.1 Å². The van der Waals surface area contributed by atoms with Crippen LogP contribution in [0.3, 0.4) is 0 Å². The molecule has 0 fully saturated rings. The Morgan fingerprint density at radius 2 is 1.61 bits per heavy atom. The average molecular weight is 410 g/mol. The normalized spacial score (nSPS) is 10.5. The van der Waals surface area contributed by atoms with E-state index in [0.717, 1.165) is 16.8 Å². The summed E-state index contributed by atoms with van der Waals surface area (Å²) in [4.78, 5) is 25.1. The van der Waals surface area contributed by atoms with Crippen molar-refractivity contribution in [3.63, 3.8) is 0 Å². The van der Waals surface area contributed by atoms with Crippen molar-refractivity contribution in [1.29, 1.82) is 0 Å². The molecule has 2 N–H and O–H groups in total. The van der Waals surface area contributed by atoms with Crippen LogP contribution in [0.4, 0.5) is 5.69 Å². The second-order valence-electron chi connectivity index (χ2n) is 7.15. The van der Waals surface area contributed by atoms with E-state index in [4.69, 9.17) is 5.10 Å². The first-order chi connectivity index (χ1) is 15.0. The van der Waals surface area contributed by atoms with Crippen LogP contribution in [-0.2, 0) is 0 Å². The quantitative estimate of drug-likeness (QED) is 0.510. The topological polar surface area (TPSA) is 76.0 Å². The second-order valence-corrected chi connectivity index (χ2v) is 7.15. The number of amides is 2. The number of aromatic nitrogens is 2. The van der Waals surface area contributed by atoms with Gasteiger partial charge in [0.25, 0.3) is 11.8 Å². The van der Waals surface area contributed by atoms with Gasteiger partial charge in [-0.3, -0.25) is 9.59 Å². The molecule has 1 heterocycles. The van der Waals surface area contributed by atoms with Crippen LogP contribution in [0.5, 0.6) is 0 Å². The van der Waals surface area contributed by atoms with Crippen LogP contribution < -0.4 is 10.6 Å². The van der Waals surface area contributed by atoms with Crippen LogP contribution in [0.25, 0.3) is 16.9 Å². The maximum atomic E-state index is 13.2. The zero-order valence-corrected chi connectivity index (χ0v) is 17.3. The fourth-order valence-corrected chi connectivity index (χ4v) is 3.26. The molecule has 3 aromatic carbocycles. The van der Waals surface area contributed by atoms with Crippen LogP contribution in [0.2, 0.25) is 0 Å². The Kier molecular flexibility index (Phi) is 5.62. The molecule has 6 nitrogen and oxygen atoms in total. The lowest BCUT2D eigenvalue weighted by molar-refractivity contribution is 0.0961. The lowest BCUT2D eigenvalue weighted by atomic mass is 10.1. The minimum Gasteiger partial charge on any atom is -0.355 e. The molecule has 0 spiro atoms. The summed E-state index contributed by atoms with van der Waals surface area (Å²) in [5.41, 5.74) is 4.87. The summed E-state index contributed by atoms with van der Waals surface area (Å²) in [6, 6.07) is 24.3. The minimum atomic E-state index is -0.299. The van der Waals surface area contributed by atoms with Crippen molar-refractivity contribution >= 4 is 17.5 Å². The largest absolute Gasteiger partial charge is 0.355 e. The van der Waals surface area contributed by atoms with E-state index in [2.05, 4.69) is 10.6 Å². The molecule has 4 aromatic rings. The van der Waals surface area contributed by atoms with Gasteiger partial charge < -0.3 is 10.6 Å². The lowest BCUT2D eigenvalue weighted by Gasteiger charge is -2.07. The molecule has 6 heteroatoms. The first-order valence-electron chi connectivity index (χ1n) is 9.91. The van der Waals surface area contributed by atoms with Gasteiger partial charge in [0.2, 0.25) is 0 Å². The molecule has 0 aliphatic heterocycles. The van der Waals surface area contributed by atoms with Crippen molar-refractivity contribution in [3.05, 3.63) is 102 Å². The van der Waals surface area contributed by atoms with E-state index < -0.39 is 0 Å². The molecule has 0 bridgehead atoms. The molecule has 2 amide bonds. The van der Waals surface area contributed by atoms with Gasteiger partial charge in [0.1, 0.15) is 5.69 Å². The van der Waals surface area contributed by atoms with Crippen LogP contribution in [0, 0.1) is 6.92 Å². The summed E-state index contributed by atoms with van der Waals surface area (Å²) < 4.78 is 1.70. The van der Waals surface area contributed by atoms with Crippen molar-refractivity contribution in [2.75, 3.05) is 12.4 Å². The number of para-hydroxylation sites is 1. The maximum Gasteiger partial charge on any atom is 0.259 e.